The highest BCUT2D eigenvalue weighted by Gasteiger charge is 2.11. The van der Waals surface area contributed by atoms with Gasteiger partial charge in [0.1, 0.15) is 5.82 Å². The molecule has 0 amide bonds. The van der Waals surface area contributed by atoms with E-state index in [1.54, 1.807) is 0 Å². The minimum Gasteiger partial charge on any atom is -0.370 e. The molecule has 1 aliphatic rings. The van der Waals surface area contributed by atoms with Crippen molar-refractivity contribution < 1.29 is 0 Å². The van der Waals surface area contributed by atoms with E-state index in [2.05, 4.69) is 31.5 Å². The standard InChI is InChI=1S/C12H18BrN3/c13-11-3-4-12(16-9-11)15-7-5-10-2-1-6-14-8-10/h3-4,9-10,14H,1-2,5-8H2,(H,15,16). The topological polar surface area (TPSA) is 37.0 Å². The number of rotatable bonds is 4. The third-order valence-corrected chi connectivity index (χ3v) is 3.45. The summed E-state index contributed by atoms with van der Waals surface area (Å²) in [5, 5.41) is 6.80. The average molecular weight is 284 g/mol. The molecule has 16 heavy (non-hydrogen) atoms. The Kier molecular flexibility index (Phi) is 4.60. The Balaban J connectivity index is 1.69. The van der Waals surface area contributed by atoms with Crippen LogP contribution < -0.4 is 10.6 Å². The summed E-state index contributed by atoms with van der Waals surface area (Å²) in [5.74, 6) is 1.80. The van der Waals surface area contributed by atoms with Crippen molar-refractivity contribution in [2.24, 2.45) is 5.92 Å². The highest BCUT2D eigenvalue weighted by Crippen LogP contribution is 2.15. The largest absolute Gasteiger partial charge is 0.370 e. The molecule has 4 heteroatoms. The number of aromatic nitrogens is 1. The van der Waals surface area contributed by atoms with E-state index in [1.807, 2.05) is 18.3 Å². The highest BCUT2D eigenvalue weighted by molar-refractivity contribution is 9.10. The van der Waals surface area contributed by atoms with Crippen molar-refractivity contribution >= 4 is 21.7 Å². The van der Waals surface area contributed by atoms with Crippen LogP contribution in [0.5, 0.6) is 0 Å². The van der Waals surface area contributed by atoms with Crippen LogP contribution in [0.2, 0.25) is 0 Å². The predicted octanol–water partition coefficient (Wildman–Crippen LogP) is 2.65. The molecule has 1 fully saturated rings. The molecule has 0 saturated carbocycles. The number of nitrogens with one attached hydrogen (secondary N) is 2. The van der Waals surface area contributed by atoms with Crippen LogP contribution in [-0.4, -0.2) is 24.6 Å². The zero-order valence-corrected chi connectivity index (χ0v) is 11.0. The van der Waals surface area contributed by atoms with Crippen LogP contribution in [0.15, 0.2) is 22.8 Å². The van der Waals surface area contributed by atoms with Gasteiger partial charge < -0.3 is 10.6 Å². The Hall–Kier alpha value is -0.610. The van der Waals surface area contributed by atoms with Gasteiger partial charge in [0.2, 0.25) is 0 Å². The molecule has 1 aromatic rings. The summed E-state index contributed by atoms with van der Waals surface area (Å²) in [5.41, 5.74) is 0. The summed E-state index contributed by atoms with van der Waals surface area (Å²) in [6.07, 6.45) is 5.74. The first kappa shape index (κ1) is 11.9. The smallest absolute Gasteiger partial charge is 0.125 e. The minimum atomic E-state index is 0.830. The molecule has 2 N–H and O–H groups in total. The van der Waals surface area contributed by atoms with Gasteiger partial charge in [-0.3, -0.25) is 0 Å². The van der Waals surface area contributed by atoms with Crippen molar-refractivity contribution in [3.05, 3.63) is 22.8 Å². The molecule has 0 aromatic carbocycles. The third kappa shape index (κ3) is 3.76. The van der Waals surface area contributed by atoms with Crippen LogP contribution in [0.4, 0.5) is 5.82 Å². The number of pyridine rings is 1. The van der Waals surface area contributed by atoms with Gasteiger partial charge in [0.15, 0.2) is 0 Å². The van der Waals surface area contributed by atoms with E-state index < -0.39 is 0 Å². The van der Waals surface area contributed by atoms with Crippen LogP contribution in [-0.2, 0) is 0 Å². The number of halogens is 1. The van der Waals surface area contributed by atoms with E-state index in [4.69, 9.17) is 0 Å². The first-order valence-corrected chi connectivity index (χ1v) is 6.70. The molecule has 1 atom stereocenters. The zero-order valence-electron chi connectivity index (χ0n) is 9.38. The van der Waals surface area contributed by atoms with Crippen molar-refractivity contribution in [2.45, 2.75) is 19.3 Å². The molecule has 0 aliphatic carbocycles. The Morgan fingerprint density at radius 1 is 1.50 bits per heavy atom. The van der Waals surface area contributed by atoms with E-state index in [0.29, 0.717) is 0 Å². The van der Waals surface area contributed by atoms with Gasteiger partial charge in [-0.15, -0.1) is 0 Å². The minimum absolute atomic E-state index is 0.830. The second-order valence-corrected chi connectivity index (χ2v) is 5.21. The van der Waals surface area contributed by atoms with E-state index >= 15 is 0 Å². The summed E-state index contributed by atoms with van der Waals surface area (Å²) in [4.78, 5) is 4.29. The van der Waals surface area contributed by atoms with Gasteiger partial charge in [-0.2, -0.15) is 0 Å². The summed E-state index contributed by atoms with van der Waals surface area (Å²) >= 11 is 3.38. The number of anilines is 1. The molecule has 1 aromatic heterocycles. The molecule has 0 bridgehead atoms. The summed E-state index contributed by atoms with van der Waals surface area (Å²) < 4.78 is 1.02. The van der Waals surface area contributed by atoms with Crippen molar-refractivity contribution in [1.29, 1.82) is 0 Å². The predicted molar refractivity (Wildman–Crippen MR) is 70.6 cm³/mol. The number of piperidine rings is 1. The molecule has 1 unspecified atom stereocenters. The fourth-order valence-electron chi connectivity index (χ4n) is 2.06. The third-order valence-electron chi connectivity index (χ3n) is 2.99. The van der Waals surface area contributed by atoms with Crippen molar-refractivity contribution in [3.8, 4) is 0 Å². The Morgan fingerprint density at radius 3 is 3.12 bits per heavy atom. The maximum atomic E-state index is 4.29. The SMILES string of the molecule is Brc1ccc(NCCC2CCCNC2)nc1. The second kappa shape index (κ2) is 6.21. The lowest BCUT2D eigenvalue weighted by molar-refractivity contribution is 0.364. The lowest BCUT2D eigenvalue weighted by Crippen LogP contribution is -2.30. The van der Waals surface area contributed by atoms with E-state index in [9.17, 15) is 0 Å². The normalized spacial score (nSPS) is 20.7. The molecular formula is C12H18BrN3. The first-order chi connectivity index (χ1) is 7.84. The van der Waals surface area contributed by atoms with Crippen LogP contribution in [0.25, 0.3) is 0 Å². The Morgan fingerprint density at radius 2 is 2.44 bits per heavy atom. The molecule has 0 radical (unpaired) electrons. The number of hydrogen-bond donors (Lipinski definition) is 2. The molecule has 2 rings (SSSR count). The Labute approximate surface area is 105 Å². The van der Waals surface area contributed by atoms with E-state index in [1.165, 1.54) is 32.4 Å². The molecule has 1 saturated heterocycles. The molecule has 0 spiro atoms. The van der Waals surface area contributed by atoms with E-state index in [-0.39, 0.29) is 0 Å². The maximum absolute atomic E-state index is 4.29. The van der Waals surface area contributed by atoms with Crippen LogP contribution >= 0.6 is 15.9 Å². The second-order valence-electron chi connectivity index (χ2n) is 4.29. The molecule has 2 heterocycles. The van der Waals surface area contributed by atoms with E-state index in [0.717, 1.165) is 22.8 Å². The van der Waals surface area contributed by atoms with Gasteiger partial charge >= 0.3 is 0 Å². The maximum Gasteiger partial charge on any atom is 0.125 e. The highest BCUT2D eigenvalue weighted by atomic mass is 79.9. The monoisotopic (exact) mass is 283 g/mol. The zero-order chi connectivity index (χ0) is 11.2. The summed E-state index contributed by atoms with van der Waals surface area (Å²) in [6.45, 7) is 3.38. The first-order valence-electron chi connectivity index (χ1n) is 5.91. The molecular weight excluding hydrogens is 266 g/mol. The van der Waals surface area contributed by atoms with Gasteiger partial charge in [-0.1, -0.05) is 0 Å². The van der Waals surface area contributed by atoms with Gasteiger partial charge in [0.25, 0.3) is 0 Å². The molecule has 88 valence electrons. The van der Waals surface area contributed by atoms with Crippen molar-refractivity contribution in [2.75, 3.05) is 25.0 Å². The fourth-order valence-corrected chi connectivity index (χ4v) is 2.29. The number of nitrogens with zero attached hydrogens (tertiary/aromatic N) is 1. The molecule has 3 nitrogen and oxygen atoms in total. The van der Waals surface area contributed by atoms with Gasteiger partial charge in [0, 0.05) is 17.2 Å². The van der Waals surface area contributed by atoms with Crippen LogP contribution in [0.1, 0.15) is 19.3 Å². The van der Waals surface area contributed by atoms with Crippen molar-refractivity contribution in [1.82, 2.24) is 10.3 Å². The lowest BCUT2D eigenvalue weighted by Gasteiger charge is -2.22. The Bertz CT molecular complexity index is 307. The van der Waals surface area contributed by atoms with Gasteiger partial charge in [-0.05, 0) is 66.3 Å². The fraction of sp³-hybridized carbons (Fsp3) is 0.583. The van der Waals surface area contributed by atoms with Crippen LogP contribution in [0, 0.1) is 5.92 Å². The summed E-state index contributed by atoms with van der Waals surface area (Å²) in [7, 11) is 0. The van der Waals surface area contributed by atoms with Gasteiger partial charge in [0.05, 0.1) is 0 Å². The molecule has 1 aliphatic heterocycles. The van der Waals surface area contributed by atoms with Crippen molar-refractivity contribution in [3.63, 3.8) is 0 Å². The van der Waals surface area contributed by atoms with Gasteiger partial charge in [-0.25, -0.2) is 4.98 Å². The number of hydrogen-bond acceptors (Lipinski definition) is 3. The lowest BCUT2D eigenvalue weighted by atomic mass is 9.96. The van der Waals surface area contributed by atoms with Crippen LogP contribution in [0.3, 0.4) is 0 Å². The summed E-state index contributed by atoms with van der Waals surface area (Å²) in [6, 6.07) is 4.01. The quantitative estimate of drug-likeness (QED) is 0.892. The average Bonchev–Trinajstić information content (AvgIpc) is 2.33.